The first kappa shape index (κ1) is 12.7. The average Bonchev–Trinajstić information content (AvgIpc) is 2.42. The van der Waals surface area contributed by atoms with Gasteiger partial charge in [-0.05, 0) is 41.6 Å². The SMILES string of the molecule is CSc1ccc(C(C=O)c2ccc(O)cc2)cc1. The van der Waals surface area contributed by atoms with Crippen molar-refractivity contribution in [1.29, 1.82) is 0 Å². The van der Waals surface area contributed by atoms with E-state index in [9.17, 15) is 9.90 Å². The fourth-order valence-electron chi connectivity index (χ4n) is 1.84. The second-order valence-electron chi connectivity index (χ2n) is 3.98. The maximum atomic E-state index is 11.3. The van der Waals surface area contributed by atoms with Crippen molar-refractivity contribution in [2.45, 2.75) is 10.8 Å². The maximum absolute atomic E-state index is 11.3. The molecule has 0 amide bonds. The van der Waals surface area contributed by atoms with E-state index in [1.807, 2.05) is 30.5 Å². The molecule has 18 heavy (non-hydrogen) atoms. The molecule has 1 atom stereocenters. The topological polar surface area (TPSA) is 37.3 Å². The third-order valence-corrected chi connectivity index (χ3v) is 3.61. The monoisotopic (exact) mass is 258 g/mol. The standard InChI is InChI=1S/C15H14O2S/c1-18-14-8-4-12(5-9-14)15(10-16)11-2-6-13(17)7-3-11/h2-10,15,17H,1H3. The van der Waals surface area contributed by atoms with E-state index >= 15 is 0 Å². The predicted molar refractivity (Wildman–Crippen MR) is 74.2 cm³/mol. The van der Waals surface area contributed by atoms with Crippen LogP contribution in [0.2, 0.25) is 0 Å². The summed E-state index contributed by atoms with van der Waals surface area (Å²) in [6.45, 7) is 0. The molecule has 0 aliphatic heterocycles. The van der Waals surface area contributed by atoms with E-state index in [4.69, 9.17) is 0 Å². The first-order valence-corrected chi connectivity index (χ1v) is 6.85. The Hall–Kier alpha value is -1.74. The van der Waals surface area contributed by atoms with Gasteiger partial charge in [0.2, 0.25) is 0 Å². The van der Waals surface area contributed by atoms with Crippen LogP contribution in [0, 0.1) is 0 Å². The fraction of sp³-hybridized carbons (Fsp3) is 0.133. The zero-order chi connectivity index (χ0) is 13.0. The molecule has 2 aromatic carbocycles. The second kappa shape index (κ2) is 5.74. The normalized spacial score (nSPS) is 12.1. The molecule has 0 spiro atoms. The number of carbonyl (C=O) groups excluding carboxylic acids is 1. The molecule has 0 aliphatic carbocycles. The van der Waals surface area contributed by atoms with E-state index in [0.29, 0.717) is 0 Å². The van der Waals surface area contributed by atoms with Crippen molar-refractivity contribution in [2.75, 3.05) is 6.26 Å². The third kappa shape index (κ3) is 2.74. The van der Waals surface area contributed by atoms with Gasteiger partial charge in [0.05, 0.1) is 5.92 Å². The van der Waals surface area contributed by atoms with E-state index in [1.54, 1.807) is 36.0 Å². The summed E-state index contributed by atoms with van der Waals surface area (Å²) in [5.41, 5.74) is 1.85. The van der Waals surface area contributed by atoms with Gasteiger partial charge >= 0.3 is 0 Å². The van der Waals surface area contributed by atoms with Gasteiger partial charge in [-0.1, -0.05) is 24.3 Å². The predicted octanol–water partition coefficient (Wildman–Crippen LogP) is 3.44. The van der Waals surface area contributed by atoms with Gasteiger partial charge in [0.15, 0.2) is 0 Å². The van der Waals surface area contributed by atoms with Crippen LogP contribution in [-0.4, -0.2) is 17.6 Å². The zero-order valence-corrected chi connectivity index (χ0v) is 10.9. The summed E-state index contributed by atoms with van der Waals surface area (Å²) in [5, 5.41) is 9.26. The van der Waals surface area contributed by atoms with Gasteiger partial charge in [0.25, 0.3) is 0 Å². The van der Waals surface area contributed by atoms with Gasteiger partial charge in [0, 0.05) is 4.90 Å². The maximum Gasteiger partial charge on any atom is 0.131 e. The molecule has 0 saturated carbocycles. The first-order valence-electron chi connectivity index (χ1n) is 5.63. The number of aromatic hydroxyl groups is 1. The van der Waals surface area contributed by atoms with Gasteiger partial charge in [-0.25, -0.2) is 0 Å². The molecule has 2 aromatic rings. The van der Waals surface area contributed by atoms with E-state index < -0.39 is 0 Å². The molecule has 0 aromatic heterocycles. The molecule has 0 fully saturated rings. The molecule has 92 valence electrons. The summed E-state index contributed by atoms with van der Waals surface area (Å²) in [6.07, 6.45) is 2.95. The Morgan fingerprint density at radius 3 is 1.94 bits per heavy atom. The van der Waals surface area contributed by atoms with Gasteiger partial charge in [0.1, 0.15) is 12.0 Å². The second-order valence-corrected chi connectivity index (χ2v) is 4.86. The number of carbonyl (C=O) groups is 1. The lowest BCUT2D eigenvalue weighted by Crippen LogP contribution is -2.01. The minimum absolute atomic E-state index is 0.209. The summed E-state index contributed by atoms with van der Waals surface area (Å²) < 4.78 is 0. The summed E-state index contributed by atoms with van der Waals surface area (Å²) >= 11 is 1.67. The smallest absolute Gasteiger partial charge is 0.131 e. The molecule has 2 rings (SSSR count). The number of phenols is 1. The highest BCUT2D eigenvalue weighted by atomic mass is 32.2. The number of thioether (sulfide) groups is 1. The molecule has 0 saturated heterocycles. The lowest BCUT2D eigenvalue weighted by atomic mass is 9.93. The van der Waals surface area contributed by atoms with Gasteiger partial charge < -0.3 is 9.90 Å². The van der Waals surface area contributed by atoms with E-state index in [-0.39, 0.29) is 11.7 Å². The van der Waals surface area contributed by atoms with Gasteiger partial charge in [-0.3, -0.25) is 0 Å². The van der Waals surface area contributed by atoms with Crippen LogP contribution in [0.4, 0.5) is 0 Å². The highest BCUT2D eigenvalue weighted by molar-refractivity contribution is 7.98. The number of rotatable bonds is 4. The molecular formula is C15H14O2S. The Labute approximate surface area is 111 Å². The molecule has 3 heteroatoms. The Bertz CT molecular complexity index is 517. The van der Waals surface area contributed by atoms with Gasteiger partial charge in [-0.2, -0.15) is 0 Å². The van der Waals surface area contributed by atoms with Crippen LogP contribution in [0.5, 0.6) is 5.75 Å². The quantitative estimate of drug-likeness (QED) is 0.674. The largest absolute Gasteiger partial charge is 0.508 e. The van der Waals surface area contributed by atoms with E-state index in [1.165, 1.54) is 4.90 Å². The third-order valence-electron chi connectivity index (χ3n) is 2.86. The van der Waals surface area contributed by atoms with Crippen molar-refractivity contribution >= 4 is 18.0 Å². The average molecular weight is 258 g/mol. The van der Waals surface area contributed by atoms with Crippen LogP contribution < -0.4 is 0 Å². The molecule has 0 heterocycles. The molecule has 1 unspecified atom stereocenters. The first-order chi connectivity index (χ1) is 8.74. The minimum atomic E-state index is -0.276. The van der Waals surface area contributed by atoms with Crippen LogP contribution in [-0.2, 0) is 4.79 Å². The van der Waals surface area contributed by atoms with Crippen molar-refractivity contribution in [1.82, 2.24) is 0 Å². The summed E-state index contributed by atoms with van der Waals surface area (Å²) in [7, 11) is 0. The van der Waals surface area contributed by atoms with Crippen molar-refractivity contribution in [3.63, 3.8) is 0 Å². The Morgan fingerprint density at radius 1 is 1.00 bits per heavy atom. The summed E-state index contributed by atoms with van der Waals surface area (Å²) in [5.74, 6) is -0.0670. The minimum Gasteiger partial charge on any atom is -0.508 e. The Kier molecular flexibility index (Phi) is 4.05. The van der Waals surface area contributed by atoms with Crippen molar-refractivity contribution in [3.8, 4) is 5.75 Å². The molecular weight excluding hydrogens is 244 g/mol. The van der Waals surface area contributed by atoms with Crippen LogP contribution in [0.25, 0.3) is 0 Å². The molecule has 2 nitrogen and oxygen atoms in total. The molecule has 0 radical (unpaired) electrons. The summed E-state index contributed by atoms with van der Waals surface area (Å²) in [4.78, 5) is 12.5. The molecule has 0 aliphatic rings. The highest BCUT2D eigenvalue weighted by Crippen LogP contribution is 2.26. The van der Waals surface area contributed by atoms with Crippen molar-refractivity contribution in [2.24, 2.45) is 0 Å². The van der Waals surface area contributed by atoms with E-state index in [2.05, 4.69) is 0 Å². The Balaban J connectivity index is 2.32. The number of phenolic OH excluding ortho intramolecular Hbond substituents is 1. The summed E-state index contributed by atoms with van der Waals surface area (Å²) in [6, 6.07) is 14.7. The lowest BCUT2D eigenvalue weighted by Gasteiger charge is -2.11. The number of hydrogen-bond donors (Lipinski definition) is 1. The number of aldehydes is 1. The van der Waals surface area contributed by atoms with Crippen LogP contribution in [0.15, 0.2) is 53.4 Å². The number of hydrogen-bond acceptors (Lipinski definition) is 3. The lowest BCUT2D eigenvalue weighted by molar-refractivity contribution is -0.108. The fourth-order valence-corrected chi connectivity index (χ4v) is 2.25. The molecule has 0 bridgehead atoms. The van der Waals surface area contributed by atoms with Crippen LogP contribution >= 0.6 is 11.8 Å². The van der Waals surface area contributed by atoms with E-state index in [0.717, 1.165) is 17.4 Å². The van der Waals surface area contributed by atoms with Crippen LogP contribution in [0.3, 0.4) is 0 Å². The molecule has 1 N–H and O–H groups in total. The van der Waals surface area contributed by atoms with Crippen molar-refractivity contribution in [3.05, 3.63) is 59.7 Å². The Morgan fingerprint density at radius 2 is 1.50 bits per heavy atom. The number of benzene rings is 2. The van der Waals surface area contributed by atoms with Crippen LogP contribution in [0.1, 0.15) is 17.0 Å². The van der Waals surface area contributed by atoms with Crippen molar-refractivity contribution < 1.29 is 9.90 Å². The highest BCUT2D eigenvalue weighted by Gasteiger charge is 2.12. The zero-order valence-electron chi connectivity index (χ0n) is 10.0. The van der Waals surface area contributed by atoms with Gasteiger partial charge in [-0.15, -0.1) is 11.8 Å².